The minimum absolute atomic E-state index is 0.0401. The number of hydrogen-bond donors (Lipinski definition) is 1. The quantitative estimate of drug-likeness (QED) is 0.466. The predicted molar refractivity (Wildman–Crippen MR) is 22.1 cm³/mol. The van der Waals surface area contributed by atoms with Crippen molar-refractivity contribution in [1.29, 1.82) is 0 Å². The molecule has 0 aromatic heterocycles. The van der Waals surface area contributed by atoms with Crippen LogP contribution in [0.5, 0.6) is 0 Å². The molecule has 2 heteroatoms. The van der Waals surface area contributed by atoms with Crippen LogP contribution in [0.25, 0.3) is 0 Å². The summed E-state index contributed by atoms with van der Waals surface area (Å²) in [5, 5.41) is 7.61. The second-order valence-electron chi connectivity index (χ2n) is 0.780. The Hall–Kier alpha value is 0.250. The summed E-state index contributed by atoms with van der Waals surface area (Å²) < 4.78 is 0. The van der Waals surface area contributed by atoms with Gasteiger partial charge in [-0.3, -0.25) is 0 Å². The fourth-order valence-electron chi connectivity index (χ4n) is 0. The highest BCUT2D eigenvalue weighted by molar-refractivity contribution is 6.21. The van der Waals surface area contributed by atoms with Crippen molar-refractivity contribution in [3.63, 3.8) is 0 Å². The molecule has 0 rings (SSSR count). The zero-order valence-electron chi connectivity index (χ0n) is 2.82. The molecule has 0 aliphatic heterocycles. The fourth-order valence-corrected chi connectivity index (χ4v) is 0. The lowest BCUT2D eigenvalue weighted by molar-refractivity contribution is 0.304. The molecule has 0 aliphatic carbocycles. The number of hydrogen-bond acceptors (Lipinski definition) is 1. The van der Waals surface area contributed by atoms with Crippen molar-refractivity contribution in [1.82, 2.24) is 0 Å². The molecule has 0 bridgehead atoms. The SMILES string of the molecule is [CH2]C(Cl)CO. The van der Waals surface area contributed by atoms with Crippen molar-refractivity contribution >= 4 is 11.6 Å². The van der Waals surface area contributed by atoms with Crippen molar-refractivity contribution < 1.29 is 5.11 Å². The maximum atomic E-state index is 7.95. The van der Waals surface area contributed by atoms with Gasteiger partial charge in [0.05, 0.1) is 12.0 Å². The second-order valence-corrected chi connectivity index (χ2v) is 1.40. The lowest BCUT2D eigenvalue weighted by atomic mass is 10.5. The van der Waals surface area contributed by atoms with Crippen LogP contribution >= 0.6 is 11.6 Å². The van der Waals surface area contributed by atoms with Crippen LogP contribution in [0.3, 0.4) is 0 Å². The van der Waals surface area contributed by atoms with E-state index in [1.807, 2.05) is 0 Å². The average molecular weight is 93.5 g/mol. The number of halogens is 1. The fraction of sp³-hybridized carbons (Fsp3) is 0.667. The van der Waals surface area contributed by atoms with Gasteiger partial charge >= 0.3 is 0 Å². The molecule has 1 radical (unpaired) electrons. The molecule has 31 valence electrons. The van der Waals surface area contributed by atoms with Gasteiger partial charge in [-0.05, 0) is 6.92 Å². The van der Waals surface area contributed by atoms with E-state index >= 15 is 0 Å². The van der Waals surface area contributed by atoms with Crippen molar-refractivity contribution in [3.05, 3.63) is 6.92 Å². The molecule has 0 amide bonds. The van der Waals surface area contributed by atoms with E-state index in [1.54, 1.807) is 0 Å². The second kappa shape index (κ2) is 2.49. The number of alkyl halides is 1. The van der Waals surface area contributed by atoms with E-state index in [-0.39, 0.29) is 12.0 Å². The third-order valence-corrected chi connectivity index (χ3v) is 0.336. The van der Waals surface area contributed by atoms with Gasteiger partial charge in [0.15, 0.2) is 0 Å². The first kappa shape index (κ1) is 5.25. The zero-order valence-corrected chi connectivity index (χ0v) is 3.57. The van der Waals surface area contributed by atoms with E-state index in [2.05, 4.69) is 6.92 Å². The normalized spacial score (nSPS) is 15.0. The Morgan fingerprint density at radius 3 is 2.20 bits per heavy atom. The van der Waals surface area contributed by atoms with Crippen LogP contribution in [0.4, 0.5) is 0 Å². The molecule has 0 fully saturated rings. The van der Waals surface area contributed by atoms with E-state index in [9.17, 15) is 0 Å². The highest BCUT2D eigenvalue weighted by Gasteiger charge is 1.85. The van der Waals surface area contributed by atoms with Gasteiger partial charge in [-0.2, -0.15) is 0 Å². The summed E-state index contributed by atoms with van der Waals surface area (Å²) in [7, 11) is 0. The zero-order chi connectivity index (χ0) is 4.28. The maximum Gasteiger partial charge on any atom is 0.0595 e. The summed E-state index contributed by atoms with van der Waals surface area (Å²) >= 11 is 5.10. The van der Waals surface area contributed by atoms with Crippen molar-refractivity contribution in [3.8, 4) is 0 Å². The molecular weight excluding hydrogens is 87.5 g/mol. The molecule has 5 heavy (non-hydrogen) atoms. The third kappa shape index (κ3) is 4.25. The first-order chi connectivity index (χ1) is 2.27. The molecule has 0 aromatic rings. The molecule has 0 aromatic carbocycles. The molecule has 1 atom stereocenters. The van der Waals surface area contributed by atoms with Gasteiger partial charge in [-0.25, -0.2) is 0 Å². The summed E-state index contributed by atoms with van der Waals surface area (Å²) in [6, 6.07) is 0. The van der Waals surface area contributed by atoms with E-state index < -0.39 is 0 Å². The molecule has 0 spiro atoms. The Labute approximate surface area is 36.6 Å². The lowest BCUT2D eigenvalue weighted by Crippen LogP contribution is -1.95. The van der Waals surface area contributed by atoms with Crippen LogP contribution < -0.4 is 0 Å². The van der Waals surface area contributed by atoms with E-state index in [0.29, 0.717) is 0 Å². The van der Waals surface area contributed by atoms with Crippen LogP contribution in [0.15, 0.2) is 0 Å². The predicted octanol–water partition coefficient (Wildman–Crippen LogP) is 0.420. The van der Waals surface area contributed by atoms with Gasteiger partial charge in [0.1, 0.15) is 0 Å². The first-order valence-corrected chi connectivity index (χ1v) is 1.79. The molecule has 1 nitrogen and oxygen atoms in total. The van der Waals surface area contributed by atoms with Gasteiger partial charge in [-0.1, -0.05) is 0 Å². The van der Waals surface area contributed by atoms with Gasteiger partial charge in [0.2, 0.25) is 0 Å². The van der Waals surface area contributed by atoms with E-state index in [4.69, 9.17) is 16.7 Å². The summed E-state index contributed by atoms with van der Waals surface area (Å²) in [6.45, 7) is 3.23. The van der Waals surface area contributed by atoms with Gasteiger partial charge in [-0.15, -0.1) is 11.6 Å². The molecule has 0 aliphatic rings. The minimum Gasteiger partial charge on any atom is -0.395 e. The van der Waals surface area contributed by atoms with E-state index in [0.717, 1.165) is 0 Å². The van der Waals surface area contributed by atoms with Gasteiger partial charge in [0.25, 0.3) is 0 Å². The summed E-state index contributed by atoms with van der Waals surface area (Å²) in [6.07, 6.45) is 0. The maximum absolute atomic E-state index is 7.95. The first-order valence-electron chi connectivity index (χ1n) is 1.35. The minimum atomic E-state index is -0.338. The van der Waals surface area contributed by atoms with Crippen molar-refractivity contribution in [2.45, 2.75) is 5.38 Å². The van der Waals surface area contributed by atoms with Crippen LogP contribution in [0.1, 0.15) is 0 Å². The third-order valence-electron chi connectivity index (χ3n) is 0.198. The Balaban J connectivity index is 2.54. The van der Waals surface area contributed by atoms with Crippen molar-refractivity contribution in [2.75, 3.05) is 6.61 Å². The Morgan fingerprint density at radius 2 is 2.20 bits per heavy atom. The highest BCUT2D eigenvalue weighted by atomic mass is 35.5. The summed E-state index contributed by atoms with van der Waals surface area (Å²) in [5.41, 5.74) is 0. The summed E-state index contributed by atoms with van der Waals surface area (Å²) in [4.78, 5) is 0. The topological polar surface area (TPSA) is 20.2 Å². The van der Waals surface area contributed by atoms with Crippen LogP contribution in [-0.4, -0.2) is 17.1 Å². The lowest BCUT2D eigenvalue weighted by Gasteiger charge is -1.86. The number of aliphatic hydroxyl groups is 1. The molecule has 0 saturated heterocycles. The van der Waals surface area contributed by atoms with Crippen LogP contribution in [0.2, 0.25) is 0 Å². The smallest absolute Gasteiger partial charge is 0.0595 e. The molecule has 1 N–H and O–H groups in total. The van der Waals surface area contributed by atoms with Crippen LogP contribution in [0, 0.1) is 6.92 Å². The van der Waals surface area contributed by atoms with Crippen LogP contribution in [-0.2, 0) is 0 Å². The molecule has 0 heterocycles. The Morgan fingerprint density at radius 1 is 2.00 bits per heavy atom. The number of aliphatic hydroxyl groups excluding tert-OH is 1. The monoisotopic (exact) mass is 93.0 g/mol. The largest absolute Gasteiger partial charge is 0.395 e. The van der Waals surface area contributed by atoms with Gasteiger partial charge < -0.3 is 5.11 Å². The number of rotatable bonds is 1. The highest BCUT2D eigenvalue weighted by Crippen LogP contribution is 1.85. The van der Waals surface area contributed by atoms with E-state index in [1.165, 1.54) is 0 Å². The average Bonchev–Trinajstić information content (AvgIpc) is 1.38. The van der Waals surface area contributed by atoms with Gasteiger partial charge in [0, 0.05) is 0 Å². The Kier molecular flexibility index (Phi) is 2.61. The van der Waals surface area contributed by atoms with Crippen molar-refractivity contribution in [2.24, 2.45) is 0 Å². The standard InChI is InChI=1S/C3H6ClO/c1-3(4)2-5/h3,5H,1-2H2. The molecule has 0 saturated carbocycles. The molecular formula is C3H6ClO. The Bertz CT molecular complexity index is 20.9. The summed E-state index contributed by atoms with van der Waals surface area (Å²) in [5.74, 6) is 0. The molecule has 1 unspecified atom stereocenters.